The van der Waals surface area contributed by atoms with Crippen molar-refractivity contribution in [3.8, 4) is 11.5 Å². The summed E-state index contributed by atoms with van der Waals surface area (Å²) in [6, 6.07) is 8.00. The summed E-state index contributed by atoms with van der Waals surface area (Å²) in [4.78, 5) is 12.7. The predicted molar refractivity (Wildman–Crippen MR) is 121 cm³/mol. The van der Waals surface area contributed by atoms with Gasteiger partial charge in [-0.25, -0.2) is 17.2 Å². The van der Waals surface area contributed by atoms with E-state index in [1.165, 1.54) is 6.07 Å². The number of ether oxygens (including phenoxy) is 2. The number of sulfonamides is 1. The summed E-state index contributed by atoms with van der Waals surface area (Å²) >= 11 is 0. The number of halogens is 2. The van der Waals surface area contributed by atoms with Crippen LogP contribution in [-0.4, -0.2) is 39.8 Å². The minimum absolute atomic E-state index is 0.00371. The largest absolute Gasteiger partial charge is 0.497 e. The number of fused-ring (bicyclic) bond motifs is 1. The van der Waals surface area contributed by atoms with E-state index >= 15 is 0 Å². The summed E-state index contributed by atoms with van der Waals surface area (Å²) in [6.45, 7) is 3.82. The van der Waals surface area contributed by atoms with Gasteiger partial charge in [-0.1, -0.05) is 0 Å². The molecular weight excluding hydrogens is 454 g/mol. The number of amides is 1. The summed E-state index contributed by atoms with van der Waals surface area (Å²) < 4.78 is 63.4. The topological polar surface area (TPSA) is 84.9 Å². The van der Waals surface area contributed by atoms with Crippen molar-refractivity contribution >= 4 is 21.6 Å². The number of carbonyl (C=O) groups excluding carboxylic acids is 1. The molecule has 0 bridgehead atoms. The Kier molecular flexibility index (Phi) is 7.16. The van der Waals surface area contributed by atoms with E-state index < -0.39 is 27.3 Å². The molecule has 0 fully saturated rings. The maximum absolute atomic E-state index is 13.6. The fourth-order valence-corrected chi connectivity index (χ4v) is 4.82. The Hall–Kier alpha value is -2.88. The second-order valence-corrected chi connectivity index (χ2v) is 10.5. The van der Waals surface area contributed by atoms with Gasteiger partial charge in [0.1, 0.15) is 17.1 Å². The Morgan fingerprint density at radius 2 is 1.94 bits per heavy atom. The third-order valence-corrected chi connectivity index (χ3v) is 6.56. The Labute approximate surface area is 192 Å². The molecule has 1 amide bonds. The SMILES string of the molecule is COc1ccc2c(c1)C(NC(=O)CCCN(c1ccc(F)c(F)c1)S(C)(=O)=O)CC(C)(C)O2. The maximum Gasteiger partial charge on any atom is 0.232 e. The van der Waals surface area contributed by atoms with Crippen LogP contribution in [0.3, 0.4) is 0 Å². The number of hydrogen-bond donors (Lipinski definition) is 1. The number of benzene rings is 2. The number of nitrogens with zero attached hydrogens (tertiary/aromatic N) is 1. The van der Waals surface area contributed by atoms with Gasteiger partial charge in [0, 0.05) is 31.0 Å². The van der Waals surface area contributed by atoms with E-state index in [4.69, 9.17) is 9.47 Å². The van der Waals surface area contributed by atoms with Gasteiger partial charge < -0.3 is 14.8 Å². The molecule has 1 aliphatic rings. The number of methoxy groups -OCH3 is 1. The molecule has 10 heteroatoms. The molecule has 2 aromatic rings. The van der Waals surface area contributed by atoms with Crippen LogP contribution in [0.1, 0.15) is 44.7 Å². The normalized spacial score (nSPS) is 17.0. The van der Waals surface area contributed by atoms with Crippen LogP contribution in [0.2, 0.25) is 0 Å². The van der Waals surface area contributed by atoms with Gasteiger partial charge in [-0.3, -0.25) is 9.10 Å². The van der Waals surface area contributed by atoms with E-state index in [1.54, 1.807) is 19.2 Å². The zero-order chi connectivity index (χ0) is 24.4. The first kappa shape index (κ1) is 24.8. The van der Waals surface area contributed by atoms with Gasteiger partial charge in [-0.05, 0) is 50.6 Å². The Morgan fingerprint density at radius 1 is 1.21 bits per heavy atom. The van der Waals surface area contributed by atoms with Crippen LogP contribution in [0.4, 0.5) is 14.5 Å². The molecule has 3 rings (SSSR count). The molecule has 33 heavy (non-hydrogen) atoms. The molecule has 1 aliphatic heterocycles. The van der Waals surface area contributed by atoms with Crippen LogP contribution >= 0.6 is 0 Å². The first-order valence-electron chi connectivity index (χ1n) is 10.5. The Balaban J connectivity index is 1.67. The van der Waals surface area contributed by atoms with Crippen molar-refractivity contribution in [2.75, 3.05) is 24.2 Å². The minimum Gasteiger partial charge on any atom is -0.497 e. The molecule has 0 aliphatic carbocycles. The second-order valence-electron chi connectivity index (χ2n) is 8.63. The fourth-order valence-electron chi connectivity index (χ4n) is 3.86. The zero-order valence-electron chi connectivity index (χ0n) is 19.0. The third kappa shape index (κ3) is 6.13. The number of hydrogen-bond acceptors (Lipinski definition) is 5. The molecule has 1 unspecified atom stereocenters. The standard InChI is InChI=1S/C23H28F2N2O5S/c1-23(2)14-20(17-13-16(31-3)8-10-21(17)32-23)26-22(28)6-5-11-27(33(4,29)30)15-7-9-18(24)19(25)12-15/h7-10,12-13,20H,5-6,11,14H2,1-4H3,(H,26,28). The lowest BCUT2D eigenvalue weighted by atomic mass is 9.89. The number of rotatable bonds is 8. The quantitative estimate of drug-likeness (QED) is 0.616. The molecule has 1 atom stereocenters. The first-order valence-corrected chi connectivity index (χ1v) is 12.3. The summed E-state index contributed by atoms with van der Waals surface area (Å²) in [7, 11) is -2.19. The number of nitrogens with one attached hydrogen (secondary N) is 1. The summed E-state index contributed by atoms with van der Waals surface area (Å²) in [5, 5.41) is 3.00. The smallest absolute Gasteiger partial charge is 0.232 e. The van der Waals surface area contributed by atoms with Gasteiger partial charge in [-0.15, -0.1) is 0 Å². The van der Waals surface area contributed by atoms with Crippen molar-refractivity contribution in [1.29, 1.82) is 0 Å². The van der Waals surface area contributed by atoms with Crippen LogP contribution in [0, 0.1) is 11.6 Å². The van der Waals surface area contributed by atoms with Crippen LogP contribution in [0.15, 0.2) is 36.4 Å². The summed E-state index contributed by atoms with van der Waals surface area (Å²) in [5.74, 6) is -1.16. The van der Waals surface area contributed by atoms with Crippen LogP contribution < -0.4 is 19.1 Å². The van der Waals surface area contributed by atoms with Crippen molar-refractivity contribution in [1.82, 2.24) is 5.32 Å². The van der Waals surface area contributed by atoms with E-state index in [9.17, 15) is 22.0 Å². The number of anilines is 1. The van der Waals surface area contributed by atoms with E-state index in [2.05, 4.69) is 5.32 Å². The summed E-state index contributed by atoms with van der Waals surface area (Å²) in [6.07, 6.45) is 1.76. The van der Waals surface area contributed by atoms with Gasteiger partial charge in [0.05, 0.1) is 25.1 Å². The lowest BCUT2D eigenvalue weighted by molar-refractivity contribution is -0.122. The average molecular weight is 483 g/mol. The second kappa shape index (κ2) is 9.54. The van der Waals surface area contributed by atoms with Crippen molar-refractivity contribution in [2.24, 2.45) is 0 Å². The van der Waals surface area contributed by atoms with Gasteiger partial charge in [-0.2, -0.15) is 0 Å². The average Bonchev–Trinajstić information content (AvgIpc) is 2.71. The van der Waals surface area contributed by atoms with Crippen molar-refractivity contribution in [2.45, 2.75) is 44.8 Å². The molecule has 1 N–H and O–H groups in total. The van der Waals surface area contributed by atoms with Crippen LogP contribution in [-0.2, 0) is 14.8 Å². The lowest BCUT2D eigenvalue weighted by Gasteiger charge is -2.38. The van der Waals surface area contributed by atoms with Crippen LogP contribution in [0.25, 0.3) is 0 Å². The first-order chi connectivity index (χ1) is 15.4. The maximum atomic E-state index is 13.6. The molecule has 1 heterocycles. The third-order valence-electron chi connectivity index (χ3n) is 5.37. The van der Waals surface area contributed by atoms with E-state index in [-0.39, 0.29) is 37.0 Å². The van der Waals surface area contributed by atoms with E-state index in [1.807, 2.05) is 19.9 Å². The lowest BCUT2D eigenvalue weighted by Crippen LogP contribution is -2.41. The molecule has 7 nitrogen and oxygen atoms in total. The molecule has 2 aromatic carbocycles. The molecule has 0 saturated carbocycles. The molecule has 0 saturated heterocycles. The molecule has 180 valence electrons. The van der Waals surface area contributed by atoms with Crippen LogP contribution in [0.5, 0.6) is 11.5 Å². The predicted octanol–water partition coefficient (Wildman–Crippen LogP) is 3.94. The van der Waals surface area contributed by atoms with E-state index in [0.29, 0.717) is 17.9 Å². The molecule has 0 spiro atoms. The van der Waals surface area contributed by atoms with Gasteiger partial charge in [0.15, 0.2) is 11.6 Å². The zero-order valence-corrected chi connectivity index (χ0v) is 19.8. The highest BCUT2D eigenvalue weighted by Gasteiger charge is 2.34. The highest BCUT2D eigenvalue weighted by Crippen LogP contribution is 2.41. The van der Waals surface area contributed by atoms with Gasteiger partial charge >= 0.3 is 0 Å². The van der Waals surface area contributed by atoms with Crippen molar-refractivity contribution in [3.63, 3.8) is 0 Å². The van der Waals surface area contributed by atoms with E-state index in [0.717, 1.165) is 28.3 Å². The number of carbonyl (C=O) groups is 1. The highest BCUT2D eigenvalue weighted by atomic mass is 32.2. The molecular formula is C23H28F2N2O5S. The van der Waals surface area contributed by atoms with Gasteiger partial charge in [0.25, 0.3) is 0 Å². The fraction of sp³-hybridized carbons (Fsp3) is 0.435. The summed E-state index contributed by atoms with van der Waals surface area (Å²) in [5.41, 5.74) is 0.324. The monoisotopic (exact) mass is 482 g/mol. The van der Waals surface area contributed by atoms with Gasteiger partial charge in [0.2, 0.25) is 15.9 Å². The highest BCUT2D eigenvalue weighted by molar-refractivity contribution is 7.92. The van der Waals surface area contributed by atoms with Crippen molar-refractivity contribution in [3.05, 3.63) is 53.6 Å². The molecule has 0 radical (unpaired) electrons. The van der Waals surface area contributed by atoms with Crippen molar-refractivity contribution < 1.29 is 31.5 Å². The Bertz CT molecular complexity index is 1140. The Morgan fingerprint density at radius 3 is 2.58 bits per heavy atom. The molecule has 0 aromatic heterocycles. The minimum atomic E-state index is -3.75.